The number of benzene rings is 3. The van der Waals surface area contributed by atoms with Crippen molar-refractivity contribution < 1.29 is 46.9 Å². The number of nitrogens with zero attached hydrogens (tertiary/aromatic N) is 2. The lowest BCUT2D eigenvalue weighted by Gasteiger charge is -2.50. The summed E-state index contributed by atoms with van der Waals surface area (Å²) in [4.78, 5) is 58.8. The standard InChI is InChI=1S/C37H32Cl2F3N3O7/c1-3-14-44-32(47)23-11-10-22-24(30(23)34(44)49)17-26-33(48)45(43-28-12-6-19(38)15-27(28)39)35(50)36(26,18-4-7-20(51-2)8-5-18)31(22)25-16-21(9-13-29(25)46)52-37(40,41)42/h4-10,12-13,15-16,23-24,26,30-31,43,46H,3,11,14,17H2,1-2H3. The monoisotopic (exact) mass is 757 g/mol. The van der Waals surface area contributed by atoms with Gasteiger partial charge in [-0.1, -0.05) is 53.9 Å². The summed E-state index contributed by atoms with van der Waals surface area (Å²) in [6.07, 6.45) is -2.79. The number of carbonyl (C=O) groups excluding carboxylic acids is 4. The number of halogens is 5. The first-order valence-corrected chi connectivity index (χ1v) is 17.3. The number of likely N-dealkylation sites (tertiary alicyclic amines) is 1. The van der Waals surface area contributed by atoms with Gasteiger partial charge in [-0.15, -0.1) is 13.2 Å². The molecule has 7 rings (SSSR count). The fraction of sp³-hybridized carbons (Fsp3) is 0.351. The van der Waals surface area contributed by atoms with Gasteiger partial charge in [0.2, 0.25) is 11.8 Å². The molecule has 2 aliphatic carbocycles. The fourth-order valence-corrected chi connectivity index (χ4v) is 9.11. The van der Waals surface area contributed by atoms with E-state index in [2.05, 4.69) is 10.2 Å². The molecular formula is C37H32Cl2F3N3O7. The molecule has 15 heteroatoms. The Labute approximate surface area is 306 Å². The number of aromatic hydroxyl groups is 1. The largest absolute Gasteiger partial charge is 0.573 e. The number of alkyl halides is 3. The van der Waals surface area contributed by atoms with Gasteiger partial charge < -0.3 is 14.6 Å². The molecule has 10 nitrogen and oxygen atoms in total. The quantitative estimate of drug-likeness (QED) is 0.186. The predicted octanol–water partition coefficient (Wildman–Crippen LogP) is 7.00. The first-order valence-electron chi connectivity index (χ1n) is 16.6. The maximum atomic E-state index is 15.3. The SMILES string of the molecule is CCCN1C(=O)C2CC=C3C(CC4C(=O)N(Nc5ccc(Cl)cc5Cl)C(=O)C4(c4ccc(OC)cc4)C3c3cc(OC(F)(F)F)ccc3O)C2C1=O. The Morgan fingerprint density at radius 1 is 0.942 bits per heavy atom. The van der Waals surface area contributed by atoms with Crippen molar-refractivity contribution in [2.45, 2.75) is 43.9 Å². The van der Waals surface area contributed by atoms with Crippen LogP contribution in [0.15, 0.2) is 72.3 Å². The van der Waals surface area contributed by atoms with E-state index in [1.54, 1.807) is 30.3 Å². The molecule has 6 atom stereocenters. The lowest BCUT2D eigenvalue weighted by molar-refractivity contribution is -0.274. The minimum absolute atomic E-state index is 0.0644. The first-order chi connectivity index (χ1) is 24.7. The second-order valence-corrected chi connectivity index (χ2v) is 14.2. The van der Waals surface area contributed by atoms with Gasteiger partial charge >= 0.3 is 6.36 Å². The van der Waals surface area contributed by atoms with E-state index in [4.69, 9.17) is 27.9 Å². The average Bonchev–Trinajstić information content (AvgIpc) is 3.47. The Bertz CT molecular complexity index is 2020. The first kappa shape index (κ1) is 35.6. The van der Waals surface area contributed by atoms with Crippen molar-refractivity contribution in [2.24, 2.45) is 23.7 Å². The molecule has 52 heavy (non-hydrogen) atoms. The summed E-state index contributed by atoms with van der Waals surface area (Å²) in [6.45, 7) is 2.03. The van der Waals surface area contributed by atoms with Gasteiger partial charge in [0, 0.05) is 23.0 Å². The number of amides is 4. The molecule has 3 fully saturated rings. The number of imide groups is 2. The molecule has 4 aliphatic rings. The van der Waals surface area contributed by atoms with E-state index < -0.39 is 70.6 Å². The third-order valence-corrected chi connectivity index (χ3v) is 11.2. The van der Waals surface area contributed by atoms with Crippen LogP contribution >= 0.6 is 23.2 Å². The van der Waals surface area contributed by atoms with Crippen LogP contribution in [0.1, 0.15) is 43.2 Å². The Morgan fingerprint density at radius 2 is 1.65 bits per heavy atom. The number of methoxy groups -OCH3 is 1. The van der Waals surface area contributed by atoms with Crippen LogP contribution in [0.2, 0.25) is 10.0 Å². The molecule has 2 aliphatic heterocycles. The molecule has 2 N–H and O–H groups in total. The van der Waals surface area contributed by atoms with Crippen LogP contribution in [0.5, 0.6) is 17.2 Å². The maximum absolute atomic E-state index is 15.3. The lowest BCUT2D eigenvalue weighted by atomic mass is 9.49. The molecule has 0 radical (unpaired) electrons. The summed E-state index contributed by atoms with van der Waals surface area (Å²) in [5.41, 5.74) is 1.73. The molecule has 3 aromatic carbocycles. The molecule has 0 aromatic heterocycles. The summed E-state index contributed by atoms with van der Waals surface area (Å²) < 4.78 is 50.3. The third kappa shape index (κ3) is 5.56. The van der Waals surface area contributed by atoms with Gasteiger partial charge in [0.05, 0.1) is 41.0 Å². The van der Waals surface area contributed by atoms with Crippen molar-refractivity contribution in [1.29, 1.82) is 0 Å². The molecule has 2 heterocycles. The minimum atomic E-state index is -5.09. The summed E-state index contributed by atoms with van der Waals surface area (Å²) in [5.74, 6) is -7.93. The van der Waals surface area contributed by atoms with E-state index in [0.717, 1.165) is 23.2 Å². The number of rotatable bonds is 8. The molecule has 2 saturated heterocycles. The second kappa shape index (κ2) is 13.0. The van der Waals surface area contributed by atoms with E-state index in [1.165, 1.54) is 30.2 Å². The third-order valence-electron chi connectivity index (χ3n) is 10.7. The summed E-state index contributed by atoms with van der Waals surface area (Å²) in [5, 5.41) is 12.7. The number of nitrogens with one attached hydrogen (secondary N) is 1. The van der Waals surface area contributed by atoms with E-state index >= 15 is 4.79 Å². The van der Waals surface area contributed by atoms with Gasteiger partial charge in [0.15, 0.2) is 0 Å². The van der Waals surface area contributed by atoms with Crippen LogP contribution < -0.4 is 14.9 Å². The molecule has 272 valence electrons. The average molecular weight is 759 g/mol. The highest BCUT2D eigenvalue weighted by molar-refractivity contribution is 6.36. The molecule has 4 amide bonds. The topological polar surface area (TPSA) is 125 Å². The Balaban J connectivity index is 1.48. The summed E-state index contributed by atoms with van der Waals surface area (Å²) in [6, 6.07) is 13.7. The summed E-state index contributed by atoms with van der Waals surface area (Å²) in [7, 11) is 1.45. The lowest BCUT2D eigenvalue weighted by Crippen LogP contribution is -2.53. The fourth-order valence-electron chi connectivity index (χ4n) is 8.66. The van der Waals surface area contributed by atoms with Gasteiger partial charge in [-0.25, -0.2) is 0 Å². The van der Waals surface area contributed by atoms with Gasteiger partial charge in [0.1, 0.15) is 17.2 Å². The number of carbonyl (C=O) groups is 4. The Kier molecular flexibility index (Phi) is 8.93. The normalized spacial score (nSPS) is 26.9. The highest BCUT2D eigenvalue weighted by Crippen LogP contribution is 2.65. The van der Waals surface area contributed by atoms with Crippen molar-refractivity contribution in [2.75, 3.05) is 19.1 Å². The second-order valence-electron chi connectivity index (χ2n) is 13.3. The van der Waals surface area contributed by atoms with E-state index in [9.17, 15) is 32.7 Å². The number of allylic oxidation sites excluding steroid dienone is 2. The van der Waals surface area contributed by atoms with Gasteiger partial charge in [0.25, 0.3) is 11.8 Å². The molecule has 6 unspecified atom stereocenters. The van der Waals surface area contributed by atoms with Crippen LogP contribution in [0, 0.1) is 23.7 Å². The van der Waals surface area contributed by atoms with E-state index in [1.807, 2.05) is 6.92 Å². The highest BCUT2D eigenvalue weighted by Gasteiger charge is 2.70. The molecule has 3 aromatic rings. The number of fused-ring (bicyclic) bond motifs is 4. The van der Waals surface area contributed by atoms with Crippen LogP contribution in [-0.2, 0) is 24.6 Å². The number of phenolic OH excluding ortho intramolecular Hbond substituents is 1. The number of ether oxygens (including phenoxy) is 2. The maximum Gasteiger partial charge on any atom is 0.573 e. The smallest absolute Gasteiger partial charge is 0.508 e. The van der Waals surface area contributed by atoms with Crippen molar-refractivity contribution in [3.63, 3.8) is 0 Å². The van der Waals surface area contributed by atoms with E-state index in [-0.39, 0.29) is 41.6 Å². The molecule has 1 saturated carbocycles. The van der Waals surface area contributed by atoms with Crippen LogP contribution in [0.4, 0.5) is 18.9 Å². The number of phenols is 1. The predicted molar refractivity (Wildman–Crippen MR) is 182 cm³/mol. The number of anilines is 1. The number of hydrogen-bond donors (Lipinski definition) is 2. The van der Waals surface area contributed by atoms with Crippen molar-refractivity contribution in [1.82, 2.24) is 9.91 Å². The van der Waals surface area contributed by atoms with E-state index in [0.29, 0.717) is 28.3 Å². The van der Waals surface area contributed by atoms with Crippen molar-refractivity contribution in [3.05, 3.63) is 93.5 Å². The zero-order chi connectivity index (χ0) is 37.3. The molecule has 0 bridgehead atoms. The van der Waals surface area contributed by atoms with Crippen LogP contribution in [0.3, 0.4) is 0 Å². The van der Waals surface area contributed by atoms with Crippen molar-refractivity contribution in [3.8, 4) is 17.2 Å². The number of hydrazine groups is 1. The molecular weight excluding hydrogens is 726 g/mol. The zero-order valence-electron chi connectivity index (χ0n) is 27.7. The minimum Gasteiger partial charge on any atom is -0.508 e. The highest BCUT2D eigenvalue weighted by atomic mass is 35.5. The zero-order valence-corrected chi connectivity index (χ0v) is 29.3. The van der Waals surface area contributed by atoms with Crippen LogP contribution in [-0.4, -0.2) is 58.7 Å². The summed E-state index contributed by atoms with van der Waals surface area (Å²) >= 11 is 12.6. The van der Waals surface area contributed by atoms with Gasteiger partial charge in [-0.3, -0.25) is 29.5 Å². The number of hydrogen-bond acceptors (Lipinski definition) is 8. The van der Waals surface area contributed by atoms with Gasteiger partial charge in [-0.05, 0) is 79.3 Å². The Hall–Kier alpha value is -4.75. The Morgan fingerprint density at radius 3 is 2.31 bits per heavy atom. The van der Waals surface area contributed by atoms with Crippen molar-refractivity contribution >= 4 is 52.5 Å². The van der Waals surface area contributed by atoms with Crippen LogP contribution in [0.25, 0.3) is 0 Å². The molecule has 0 spiro atoms. The van der Waals surface area contributed by atoms with Gasteiger partial charge in [-0.2, -0.15) is 5.01 Å².